The van der Waals surface area contributed by atoms with Gasteiger partial charge in [-0.3, -0.25) is 14.4 Å². The molecule has 0 unspecified atom stereocenters. The number of aromatic nitrogens is 2. The Kier molecular flexibility index (Phi) is 7.52. The molecule has 0 saturated carbocycles. The van der Waals surface area contributed by atoms with Crippen LogP contribution in [0.4, 0.5) is 0 Å². The van der Waals surface area contributed by atoms with Crippen LogP contribution in [0, 0.1) is 0 Å². The van der Waals surface area contributed by atoms with Crippen molar-refractivity contribution >= 4 is 23.8 Å². The van der Waals surface area contributed by atoms with Crippen LogP contribution in [0.25, 0.3) is 0 Å². The molecule has 24 heavy (non-hydrogen) atoms. The van der Waals surface area contributed by atoms with Crippen LogP contribution in [0.1, 0.15) is 18.5 Å². The van der Waals surface area contributed by atoms with Gasteiger partial charge in [0.25, 0.3) is 0 Å². The lowest BCUT2D eigenvalue weighted by atomic mass is 10.1. The summed E-state index contributed by atoms with van der Waals surface area (Å²) in [6, 6.07) is -2.12. The third-order valence-electron chi connectivity index (χ3n) is 2.94. The van der Waals surface area contributed by atoms with Crippen molar-refractivity contribution in [2.75, 3.05) is 6.54 Å². The number of ether oxygens (including phenoxy) is 1. The van der Waals surface area contributed by atoms with Crippen LogP contribution in [0.15, 0.2) is 12.5 Å². The summed E-state index contributed by atoms with van der Waals surface area (Å²) in [7, 11) is 0. The van der Waals surface area contributed by atoms with E-state index in [2.05, 4.69) is 20.0 Å². The molecule has 1 heterocycles. The van der Waals surface area contributed by atoms with E-state index in [0.29, 0.717) is 5.69 Å². The molecule has 0 bridgehead atoms. The van der Waals surface area contributed by atoms with Gasteiger partial charge in [-0.1, -0.05) is 0 Å². The Morgan fingerprint density at radius 3 is 2.54 bits per heavy atom. The van der Waals surface area contributed by atoms with Crippen molar-refractivity contribution in [2.45, 2.75) is 31.3 Å². The number of carbonyl (C=O) groups is 4. The molecule has 132 valence electrons. The third kappa shape index (κ3) is 6.98. The van der Waals surface area contributed by atoms with Crippen LogP contribution in [0.2, 0.25) is 0 Å². The van der Waals surface area contributed by atoms with E-state index < -0.39 is 42.4 Å². The summed E-state index contributed by atoms with van der Waals surface area (Å²) in [6.07, 6.45) is 2.67. The fraction of sp³-hybridized carbons (Fsp3) is 0.462. The number of nitrogens with one attached hydrogen (secondary N) is 2. The zero-order valence-electron chi connectivity index (χ0n) is 12.7. The van der Waals surface area contributed by atoms with Gasteiger partial charge in [0.2, 0.25) is 5.91 Å². The molecule has 7 N–H and O–H groups in total. The fourth-order valence-corrected chi connectivity index (χ4v) is 1.63. The average molecular weight is 341 g/mol. The third-order valence-corrected chi connectivity index (χ3v) is 2.94. The molecule has 11 heteroatoms. The number of nitrogens with two attached hydrogens (primary N) is 2. The van der Waals surface area contributed by atoms with Crippen LogP contribution in [0.3, 0.4) is 0 Å². The van der Waals surface area contributed by atoms with Crippen molar-refractivity contribution in [1.29, 1.82) is 0 Å². The van der Waals surface area contributed by atoms with Gasteiger partial charge in [-0.05, 0) is 6.42 Å². The standard InChI is InChI=1S/C13H19N5O6/c14-8(13(22)23)1-2-10(19)24-11(20)5-17-12(21)9(15)3-7-4-16-6-18-7/h4,6,8-9H,1-3,5,14-15H2,(H,16,18)(H,17,21)(H,22,23)/t8-,9-/m0/s1. The first kappa shape index (κ1) is 19.3. The van der Waals surface area contributed by atoms with Crippen LogP contribution in [-0.2, 0) is 30.3 Å². The Bertz CT molecular complexity index is 588. The van der Waals surface area contributed by atoms with Crippen molar-refractivity contribution in [3.05, 3.63) is 18.2 Å². The summed E-state index contributed by atoms with van der Waals surface area (Å²) >= 11 is 0. The molecule has 1 aromatic heterocycles. The number of hydrogen-bond acceptors (Lipinski definition) is 8. The molecule has 2 atom stereocenters. The first-order chi connectivity index (χ1) is 11.3. The zero-order chi connectivity index (χ0) is 18.1. The van der Waals surface area contributed by atoms with Crippen LogP contribution < -0.4 is 16.8 Å². The quantitative estimate of drug-likeness (QED) is 0.242. The predicted octanol–water partition coefficient (Wildman–Crippen LogP) is -2.34. The molecular weight excluding hydrogens is 322 g/mol. The van der Waals surface area contributed by atoms with E-state index in [-0.39, 0.29) is 19.3 Å². The van der Waals surface area contributed by atoms with Crippen molar-refractivity contribution in [2.24, 2.45) is 11.5 Å². The van der Waals surface area contributed by atoms with Crippen LogP contribution >= 0.6 is 0 Å². The lowest BCUT2D eigenvalue weighted by molar-refractivity contribution is -0.159. The molecule has 0 aromatic carbocycles. The number of hydrogen-bond donors (Lipinski definition) is 5. The highest BCUT2D eigenvalue weighted by atomic mass is 16.6. The number of carbonyl (C=O) groups excluding carboxylic acids is 3. The maximum absolute atomic E-state index is 11.7. The van der Waals surface area contributed by atoms with Gasteiger partial charge in [0.05, 0.1) is 12.4 Å². The van der Waals surface area contributed by atoms with Gasteiger partial charge in [0, 0.05) is 24.7 Å². The Balaban J connectivity index is 2.26. The molecule has 11 nitrogen and oxygen atoms in total. The molecule has 0 aliphatic heterocycles. The first-order valence-corrected chi connectivity index (χ1v) is 7.02. The number of carboxylic acid groups (broad SMARTS) is 1. The summed E-state index contributed by atoms with van der Waals surface area (Å²) < 4.78 is 4.42. The number of imidazole rings is 1. The number of nitrogens with zero attached hydrogens (tertiary/aromatic N) is 1. The minimum atomic E-state index is -1.26. The van der Waals surface area contributed by atoms with Crippen molar-refractivity contribution in [1.82, 2.24) is 15.3 Å². The molecule has 0 radical (unpaired) electrons. The Morgan fingerprint density at radius 2 is 1.96 bits per heavy atom. The molecule has 1 amide bonds. The molecule has 0 aliphatic rings. The van der Waals surface area contributed by atoms with E-state index in [9.17, 15) is 19.2 Å². The SMILES string of the molecule is N[C@@H](CCC(=O)OC(=O)CNC(=O)[C@@H](N)Cc1cnc[nH]1)C(=O)O. The zero-order valence-corrected chi connectivity index (χ0v) is 12.7. The second-order valence-corrected chi connectivity index (χ2v) is 4.93. The highest BCUT2D eigenvalue weighted by Gasteiger charge is 2.19. The Labute approximate surface area is 136 Å². The van der Waals surface area contributed by atoms with Crippen molar-refractivity contribution in [3.63, 3.8) is 0 Å². The minimum absolute atomic E-state index is 0.164. The molecule has 0 saturated heterocycles. The summed E-state index contributed by atoms with van der Waals surface area (Å²) in [5.41, 5.74) is 11.5. The fourth-order valence-electron chi connectivity index (χ4n) is 1.63. The number of H-pyrrole nitrogens is 1. The minimum Gasteiger partial charge on any atom is -0.480 e. The van der Waals surface area contributed by atoms with Gasteiger partial charge in [0.1, 0.15) is 12.6 Å². The number of esters is 2. The molecule has 0 fully saturated rings. The van der Waals surface area contributed by atoms with E-state index in [1.165, 1.54) is 12.5 Å². The number of carboxylic acids is 1. The van der Waals surface area contributed by atoms with Gasteiger partial charge in [-0.15, -0.1) is 0 Å². The van der Waals surface area contributed by atoms with Crippen molar-refractivity contribution in [3.8, 4) is 0 Å². The van der Waals surface area contributed by atoms with Crippen molar-refractivity contribution < 1.29 is 29.0 Å². The number of aromatic amines is 1. The number of rotatable bonds is 9. The lowest BCUT2D eigenvalue weighted by Gasteiger charge is -2.11. The van der Waals surface area contributed by atoms with Gasteiger partial charge in [-0.2, -0.15) is 0 Å². The van der Waals surface area contributed by atoms with E-state index in [1.54, 1.807) is 0 Å². The number of aliphatic carboxylic acids is 1. The molecule has 0 aliphatic carbocycles. The Hall–Kier alpha value is -2.79. The monoisotopic (exact) mass is 341 g/mol. The van der Waals surface area contributed by atoms with E-state index in [0.717, 1.165) is 0 Å². The van der Waals surface area contributed by atoms with Gasteiger partial charge >= 0.3 is 17.9 Å². The van der Waals surface area contributed by atoms with E-state index in [1.807, 2.05) is 0 Å². The highest BCUT2D eigenvalue weighted by Crippen LogP contribution is 1.98. The second kappa shape index (κ2) is 9.37. The summed E-state index contributed by atoms with van der Waals surface area (Å²) in [6.45, 7) is -0.535. The van der Waals surface area contributed by atoms with Gasteiger partial charge in [-0.25, -0.2) is 9.78 Å². The first-order valence-electron chi connectivity index (χ1n) is 7.02. The maximum atomic E-state index is 11.7. The topological polar surface area (TPSA) is 190 Å². The molecule has 1 aromatic rings. The van der Waals surface area contributed by atoms with Crippen LogP contribution in [0.5, 0.6) is 0 Å². The molecule has 0 spiro atoms. The molecular formula is C13H19N5O6. The summed E-state index contributed by atoms with van der Waals surface area (Å²) in [5.74, 6) is -3.76. The average Bonchev–Trinajstić information content (AvgIpc) is 3.02. The summed E-state index contributed by atoms with van der Waals surface area (Å²) in [5, 5.41) is 10.8. The summed E-state index contributed by atoms with van der Waals surface area (Å²) in [4.78, 5) is 51.5. The highest BCUT2D eigenvalue weighted by molar-refractivity contribution is 5.90. The Morgan fingerprint density at radius 1 is 1.25 bits per heavy atom. The molecule has 1 rings (SSSR count). The van der Waals surface area contributed by atoms with Gasteiger partial charge < -0.3 is 31.6 Å². The van der Waals surface area contributed by atoms with Crippen LogP contribution in [-0.4, -0.2) is 57.5 Å². The normalized spacial score (nSPS) is 12.9. The predicted molar refractivity (Wildman–Crippen MR) is 79.2 cm³/mol. The largest absolute Gasteiger partial charge is 0.480 e. The van der Waals surface area contributed by atoms with E-state index >= 15 is 0 Å². The second-order valence-electron chi connectivity index (χ2n) is 4.93. The smallest absolute Gasteiger partial charge is 0.333 e. The van der Waals surface area contributed by atoms with E-state index in [4.69, 9.17) is 16.6 Å². The number of amides is 1. The maximum Gasteiger partial charge on any atom is 0.333 e. The van der Waals surface area contributed by atoms with Gasteiger partial charge in [0.15, 0.2) is 0 Å². The lowest BCUT2D eigenvalue weighted by Crippen LogP contribution is -2.44.